The maximum atomic E-state index is 5.48. The van der Waals surface area contributed by atoms with Crippen molar-refractivity contribution in [3.63, 3.8) is 0 Å². The Labute approximate surface area is 97.2 Å². The molecule has 1 N–H and O–H groups in total. The molecular weight excluding hydrogens is 202 g/mol. The Hall–Kier alpha value is -0.800. The van der Waals surface area contributed by atoms with Gasteiger partial charge in [0.05, 0.1) is 12.4 Å². The fourth-order valence-corrected chi connectivity index (χ4v) is 2.32. The molecule has 3 heteroatoms. The molecule has 90 valence electrons. The van der Waals surface area contributed by atoms with Crippen LogP contribution in [-0.4, -0.2) is 19.3 Å². The normalized spacial score (nSPS) is 23.8. The maximum absolute atomic E-state index is 5.48. The monoisotopic (exact) mass is 223 g/mol. The number of methoxy groups -OCH3 is 1. The van der Waals surface area contributed by atoms with Gasteiger partial charge in [-0.3, -0.25) is 0 Å². The number of rotatable bonds is 4. The molecule has 3 unspecified atom stereocenters. The van der Waals surface area contributed by atoms with E-state index < -0.39 is 0 Å². The zero-order valence-electron chi connectivity index (χ0n) is 10.3. The van der Waals surface area contributed by atoms with Crippen LogP contribution in [0.15, 0.2) is 16.7 Å². The highest BCUT2D eigenvalue weighted by molar-refractivity contribution is 5.24. The first-order chi connectivity index (χ1) is 7.72. The van der Waals surface area contributed by atoms with E-state index in [2.05, 4.69) is 25.2 Å². The van der Waals surface area contributed by atoms with Crippen molar-refractivity contribution in [3.05, 3.63) is 23.7 Å². The molecule has 1 aliphatic carbocycles. The van der Waals surface area contributed by atoms with Gasteiger partial charge < -0.3 is 14.5 Å². The lowest BCUT2D eigenvalue weighted by Gasteiger charge is -2.29. The first-order valence-corrected chi connectivity index (χ1v) is 6.07. The van der Waals surface area contributed by atoms with Crippen LogP contribution in [0.1, 0.15) is 44.1 Å². The van der Waals surface area contributed by atoms with E-state index in [-0.39, 0.29) is 6.10 Å². The van der Waals surface area contributed by atoms with E-state index in [1.54, 1.807) is 13.4 Å². The van der Waals surface area contributed by atoms with E-state index in [1.165, 1.54) is 18.4 Å². The van der Waals surface area contributed by atoms with Crippen molar-refractivity contribution in [2.75, 3.05) is 7.11 Å². The molecule has 1 aliphatic rings. The van der Waals surface area contributed by atoms with Crippen molar-refractivity contribution in [2.24, 2.45) is 0 Å². The molecule has 0 amide bonds. The number of hydrogen-bond acceptors (Lipinski definition) is 3. The molecule has 0 aromatic carbocycles. The second-order valence-corrected chi connectivity index (χ2v) is 4.64. The van der Waals surface area contributed by atoms with Crippen molar-refractivity contribution in [1.29, 1.82) is 0 Å². The van der Waals surface area contributed by atoms with Crippen molar-refractivity contribution in [1.82, 2.24) is 5.32 Å². The second-order valence-electron chi connectivity index (χ2n) is 4.64. The molecule has 3 nitrogen and oxygen atoms in total. The van der Waals surface area contributed by atoms with Gasteiger partial charge in [-0.2, -0.15) is 0 Å². The van der Waals surface area contributed by atoms with Gasteiger partial charge in [0, 0.05) is 31.2 Å². The molecule has 0 saturated carbocycles. The average Bonchev–Trinajstić information content (AvgIpc) is 2.77. The van der Waals surface area contributed by atoms with Crippen LogP contribution in [0.3, 0.4) is 0 Å². The fraction of sp³-hybridized carbons (Fsp3) is 0.692. The Bertz CT molecular complexity index is 334. The lowest BCUT2D eigenvalue weighted by atomic mass is 9.92. The Kier molecular flexibility index (Phi) is 3.66. The van der Waals surface area contributed by atoms with Gasteiger partial charge in [-0.1, -0.05) is 0 Å². The average molecular weight is 223 g/mol. The van der Waals surface area contributed by atoms with Gasteiger partial charge in [0.2, 0.25) is 0 Å². The third-order valence-electron chi connectivity index (χ3n) is 3.59. The van der Waals surface area contributed by atoms with Crippen LogP contribution >= 0.6 is 0 Å². The summed E-state index contributed by atoms with van der Waals surface area (Å²) >= 11 is 0. The van der Waals surface area contributed by atoms with Crippen molar-refractivity contribution < 1.29 is 9.15 Å². The minimum absolute atomic E-state index is 0.234. The van der Waals surface area contributed by atoms with Crippen LogP contribution in [0.25, 0.3) is 0 Å². The molecule has 16 heavy (non-hydrogen) atoms. The summed E-state index contributed by atoms with van der Waals surface area (Å²) in [5.41, 5.74) is 1.33. The zero-order valence-corrected chi connectivity index (χ0v) is 10.3. The number of aryl methyl sites for hydroxylation is 1. The maximum Gasteiger partial charge on any atom is 0.108 e. The molecule has 3 atom stereocenters. The van der Waals surface area contributed by atoms with E-state index >= 15 is 0 Å². The second kappa shape index (κ2) is 5.02. The summed E-state index contributed by atoms with van der Waals surface area (Å²) in [4.78, 5) is 0. The molecule has 0 aliphatic heterocycles. The quantitative estimate of drug-likeness (QED) is 0.852. The minimum Gasteiger partial charge on any atom is -0.469 e. The minimum atomic E-state index is 0.234. The topological polar surface area (TPSA) is 34.4 Å². The highest BCUT2D eigenvalue weighted by Gasteiger charge is 2.24. The van der Waals surface area contributed by atoms with Crippen LogP contribution in [0.2, 0.25) is 0 Å². The summed E-state index contributed by atoms with van der Waals surface area (Å²) < 4.78 is 10.8. The summed E-state index contributed by atoms with van der Waals surface area (Å²) in [6, 6.07) is 2.88. The standard InChI is InChI=1S/C13H21NO2/c1-9(10(2)15-3)14-12-5-4-6-13-11(12)7-8-16-13/h7-10,12,14H,4-6H2,1-3H3. The summed E-state index contributed by atoms with van der Waals surface area (Å²) in [7, 11) is 1.76. The van der Waals surface area contributed by atoms with Gasteiger partial charge in [0.15, 0.2) is 0 Å². The predicted molar refractivity (Wildman–Crippen MR) is 63.5 cm³/mol. The van der Waals surface area contributed by atoms with Crippen molar-refractivity contribution in [3.8, 4) is 0 Å². The lowest BCUT2D eigenvalue weighted by molar-refractivity contribution is 0.0832. The van der Waals surface area contributed by atoms with Crippen LogP contribution in [0.4, 0.5) is 0 Å². The molecule has 2 rings (SSSR count). The highest BCUT2D eigenvalue weighted by atomic mass is 16.5. The summed E-state index contributed by atoms with van der Waals surface area (Å²) in [6.45, 7) is 4.26. The SMILES string of the molecule is COC(C)C(C)NC1CCCc2occc21. The van der Waals surface area contributed by atoms with Crippen LogP contribution in [0, 0.1) is 0 Å². The summed E-state index contributed by atoms with van der Waals surface area (Å²) in [5.74, 6) is 1.15. The van der Waals surface area contributed by atoms with Gasteiger partial charge in [0.1, 0.15) is 5.76 Å². The Morgan fingerprint density at radius 3 is 3.06 bits per heavy atom. The number of ether oxygens (including phenoxy) is 1. The third kappa shape index (κ3) is 2.30. The molecule has 0 bridgehead atoms. The van der Waals surface area contributed by atoms with E-state index in [1.807, 2.05) is 0 Å². The number of fused-ring (bicyclic) bond motifs is 1. The molecule has 1 aromatic rings. The van der Waals surface area contributed by atoms with E-state index in [0.29, 0.717) is 12.1 Å². The van der Waals surface area contributed by atoms with Gasteiger partial charge in [-0.05, 0) is 32.8 Å². The highest BCUT2D eigenvalue weighted by Crippen LogP contribution is 2.30. The largest absolute Gasteiger partial charge is 0.469 e. The van der Waals surface area contributed by atoms with E-state index in [0.717, 1.165) is 12.2 Å². The van der Waals surface area contributed by atoms with Gasteiger partial charge >= 0.3 is 0 Å². The Balaban J connectivity index is 2.02. The lowest BCUT2D eigenvalue weighted by Crippen LogP contribution is -2.39. The molecule has 0 fully saturated rings. The zero-order chi connectivity index (χ0) is 11.5. The van der Waals surface area contributed by atoms with Crippen molar-refractivity contribution in [2.45, 2.75) is 51.3 Å². The van der Waals surface area contributed by atoms with Gasteiger partial charge in [-0.25, -0.2) is 0 Å². The molecule has 1 heterocycles. The predicted octanol–water partition coefficient (Wildman–Crippen LogP) is 2.67. The third-order valence-corrected chi connectivity index (χ3v) is 3.59. The molecule has 0 radical (unpaired) electrons. The number of furan rings is 1. The van der Waals surface area contributed by atoms with Gasteiger partial charge in [0.25, 0.3) is 0 Å². The first kappa shape index (κ1) is 11.7. The van der Waals surface area contributed by atoms with Gasteiger partial charge in [-0.15, -0.1) is 0 Å². The van der Waals surface area contributed by atoms with Crippen LogP contribution < -0.4 is 5.32 Å². The Morgan fingerprint density at radius 2 is 2.31 bits per heavy atom. The molecular formula is C13H21NO2. The smallest absolute Gasteiger partial charge is 0.108 e. The number of hydrogen-bond donors (Lipinski definition) is 1. The fourth-order valence-electron chi connectivity index (χ4n) is 2.32. The molecule has 0 spiro atoms. The summed E-state index contributed by atoms with van der Waals surface area (Å²) in [6.07, 6.45) is 5.50. The molecule has 0 saturated heterocycles. The van der Waals surface area contributed by atoms with Crippen molar-refractivity contribution >= 4 is 0 Å². The number of nitrogens with one attached hydrogen (secondary N) is 1. The van der Waals surface area contributed by atoms with E-state index in [9.17, 15) is 0 Å². The van der Waals surface area contributed by atoms with Crippen LogP contribution in [0.5, 0.6) is 0 Å². The Morgan fingerprint density at radius 1 is 1.50 bits per heavy atom. The molecule has 1 aromatic heterocycles. The van der Waals surface area contributed by atoms with Crippen LogP contribution in [-0.2, 0) is 11.2 Å². The summed E-state index contributed by atoms with van der Waals surface area (Å²) in [5, 5.41) is 3.63. The first-order valence-electron chi connectivity index (χ1n) is 6.07. The van der Waals surface area contributed by atoms with E-state index in [4.69, 9.17) is 9.15 Å².